The molecule has 0 spiro atoms. The van der Waals surface area contributed by atoms with Gasteiger partial charge in [-0.25, -0.2) is 4.98 Å². The molecule has 2 heterocycles. The Balaban J connectivity index is 1.52. The summed E-state index contributed by atoms with van der Waals surface area (Å²) in [6.45, 7) is 3.08. The fourth-order valence-corrected chi connectivity index (χ4v) is 2.96. The summed E-state index contributed by atoms with van der Waals surface area (Å²) in [5.74, 6) is -0.868. The lowest BCUT2D eigenvalue weighted by Gasteiger charge is -2.28. The molecule has 2 N–H and O–H groups in total. The molecule has 2 amide bonds. The molecule has 2 aliphatic rings. The van der Waals surface area contributed by atoms with Gasteiger partial charge in [0.2, 0.25) is 0 Å². The number of anilines is 2. The van der Waals surface area contributed by atoms with Crippen molar-refractivity contribution in [2.75, 3.05) is 36.5 Å². The van der Waals surface area contributed by atoms with Gasteiger partial charge in [0.1, 0.15) is 5.82 Å². The second-order valence-corrected chi connectivity index (χ2v) is 5.91. The van der Waals surface area contributed by atoms with Crippen LogP contribution in [0.2, 0.25) is 0 Å². The fraction of sp³-hybridized carbons (Fsp3) is 0.562. The van der Waals surface area contributed by atoms with E-state index < -0.39 is 11.8 Å². The third-order valence-corrected chi connectivity index (χ3v) is 4.26. The number of amides is 2. The fourth-order valence-electron chi connectivity index (χ4n) is 2.96. The lowest BCUT2D eigenvalue weighted by molar-refractivity contribution is -0.136. The molecular weight excluding hydrogens is 296 g/mol. The van der Waals surface area contributed by atoms with Crippen molar-refractivity contribution in [2.45, 2.75) is 31.7 Å². The van der Waals surface area contributed by atoms with E-state index >= 15 is 0 Å². The second kappa shape index (κ2) is 7.41. The van der Waals surface area contributed by atoms with Crippen molar-refractivity contribution in [1.29, 1.82) is 0 Å². The van der Waals surface area contributed by atoms with Gasteiger partial charge >= 0.3 is 11.8 Å². The number of nitrogens with zero attached hydrogens (tertiary/aromatic N) is 2. The zero-order valence-corrected chi connectivity index (χ0v) is 13.1. The van der Waals surface area contributed by atoms with Crippen molar-refractivity contribution < 1.29 is 14.3 Å². The molecule has 124 valence electrons. The van der Waals surface area contributed by atoms with Crippen molar-refractivity contribution in [3.05, 3.63) is 18.3 Å². The molecule has 7 heteroatoms. The van der Waals surface area contributed by atoms with Gasteiger partial charge in [-0.05, 0) is 25.0 Å². The molecule has 0 atom stereocenters. The first-order valence-corrected chi connectivity index (χ1v) is 8.13. The van der Waals surface area contributed by atoms with Crippen LogP contribution in [0.15, 0.2) is 18.3 Å². The summed E-state index contributed by atoms with van der Waals surface area (Å²) in [7, 11) is 0. The average molecular weight is 318 g/mol. The number of ether oxygens (including phenoxy) is 1. The van der Waals surface area contributed by atoms with Gasteiger partial charge in [-0.3, -0.25) is 9.59 Å². The Hall–Kier alpha value is -2.15. The van der Waals surface area contributed by atoms with E-state index in [0.717, 1.165) is 44.5 Å². The number of pyridine rings is 1. The highest BCUT2D eigenvalue weighted by Crippen LogP contribution is 2.18. The molecule has 7 nitrogen and oxygen atoms in total. The Kier molecular flexibility index (Phi) is 5.07. The molecular formula is C16H22N4O3. The van der Waals surface area contributed by atoms with E-state index in [1.54, 1.807) is 12.3 Å². The second-order valence-electron chi connectivity index (χ2n) is 5.91. The number of carbonyl (C=O) groups excluding carboxylic acids is 2. The average Bonchev–Trinajstić information content (AvgIpc) is 3.09. The molecule has 0 unspecified atom stereocenters. The van der Waals surface area contributed by atoms with Crippen molar-refractivity contribution in [3.63, 3.8) is 0 Å². The van der Waals surface area contributed by atoms with Gasteiger partial charge in [-0.15, -0.1) is 0 Å². The van der Waals surface area contributed by atoms with Crippen LogP contribution in [0.5, 0.6) is 0 Å². The predicted octanol–water partition coefficient (Wildman–Crippen LogP) is 0.915. The highest BCUT2D eigenvalue weighted by atomic mass is 16.5. The van der Waals surface area contributed by atoms with Gasteiger partial charge in [-0.2, -0.15) is 0 Å². The van der Waals surface area contributed by atoms with Crippen LogP contribution in [-0.4, -0.2) is 49.1 Å². The third-order valence-electron chi connectivity index (χ3n) is 4.26. The molecule has 0 radical (unpaired) electrons. The first-order chi connectivity index (χ1) is 11.2. The largest absolute Gasteiger partial charge is 0.378 e. The van der Waals surface area contributed by atoms with Gasteiger partial charge in [0.15, 0.2) is 0 Å². The van der Waals surface area contributed by atoms with Gasteiger partial charge in [0, 0.05) is 19.1 Å². The Morgan fingerprint density at radius 2 is 1.87 bits per heavy atom. The Bertz CT molecular complexity index is 549. The maximum atomic E-state index is 11.9. The maximum Gasteiger partial charge on any atom is 0.314 e. The van der Waals surface area contributed by atoms with Crippen LogP contribution in [-0.2, 0) is 14.3 Å². The number of morpholine rings is 1. The molecule has 0 bridgehead atoms. The first kappa shape index (κ1) is 15.7. The topological polar surface area (TPSA) is 83.6 Å². The summed E-state index contributed by atoms with van der Waals surface area (Å²) < 4.78 is 5.31. The predicted molar refractivity (Wildman–Crippen MR) is 86.3 cm³/mol. The van der Waals surface area contributed by atoms with Crippen LogP contribution in [0.4, 0.5) is 11.5 Å². The van der Waals surface area contributed by atoms with Gasteiger partial charge in [0.25, 0.3) is 0 Å². The number of nitrogens with one attached hydrogen (secondary N) is 2. The standard InChI is InChI=1S/C16H22N4O3/c21-15(18-12-3-1-2-4-12)16(22)19-14-6-5-13(11-17-14)20-7-9-23-10-8-20/h5-6,11-12H,1-4,7-10H2,(H,18,21)(H,17,19,22). The van der Waals surface area contributed by atoms with Crippen LogP contribution in [0, 0.1) is 0 Å². The molecule has 1 aromatic heterocycles. The Labute approximate surface area is 135 Å². The zero-order valence-electron chi connectivity index (χ0n) is 13.1. The quantitative estimate of drug-likeness (QED) is 0.810. The van der Waals surface area contributed by atoms with Crippen LogP contribution >= 0.6 is 0 Å². The van der Waals surface area contributed by atoms with E-state index in [1.807, 2.05) is 6.07 Å². The molecule has 23 heavy (non-hydrogen) atoms. The van der Waals surface area contributed by atoms with Crippen LogP contribution in [0.25, 0.3) is 0 Å². The molecule has 1 aliphatic heterocycles. The van der Waals surface area contributed by atoms with Crippen LogP contribution in [0.1, 0.15) is 25.7 Å². The summed E-state index contributed by atoms with van der Waals surface area (Å²) in [4.78, 5) is 30.1. The van der Waals surface area contributed by atoms with Crippen molar-refractivity contribution in [1.82, 2.24) is 10.3 Å². The van der Waals surface area contributed by atoms with Crippen LogP contribution < -0.4 is 15.5 Å². The monoisotopic (exact) mass is 318 g/mol. The molecule has 2 fully saturated rings. The molecule has 1 saturated heterocycles. The third kappa shape index (κ3) is 4.19. The van der Waals surface area contributed by atoms with Gasteiger partial charge in [-0.1, -0.05) is 12.8 Å². The molecule has 1 saturated carbocycles. The van der Waals surface area contributed by atoms with E-state index in [-0.39, 0.29) is 6.04 Å². The van der Waals surface area contributed by atoms with Crippen molar-refractivity contribution in [3.8, 4) is 0 Å². The normalized spacial score (nSPS) is 18.7. The van der Waals surface area contributed by atoms with E-state index in [2.05, 4.69) is 20.5 Å². The number of hydrogen-bond donors (Lipinski definition) is 2. The van der Waals surface area contributed by atoms with Crippen LogP contribution in [0.3, 0.4) is 0 Å². The first-order valence-electron chi connectivity index (χ1n) is 8.13. The van der Waals surface area contributed by atoms with Crippen molar-refractivity contribution >= 4 is 23.3 Å². The summed E-state index contributed by atoms with van der Waals surface area (Å²) >= 11 is 0. The minimum atomic E-state index is -0.663. The lowest BCUT2D eigenvalue weighted by Crippen LogP contribution is -2.40. The van der Waals surface area contributed by atoms with Gasteiger partial charge in [0.05, 0.1) is 25.1 Å². The summed E-state index contributed by atoms with van der Waals surface area (Å²) in [5.41, 5.74) is 0.988. The van der Waals surface area contributed by atoms with E-state index in [9.17, 15) is 9.59 Å². The minimum Gasteiger partial charge on any atom is -0.378 e. The number of rotatable bonds is 3. The molecule has 3 rings (SSSR count). The zero-order chi connectivity index (χ0) is 16.1. The molecule has 1 aliphatic carbocycles. The van der Waals surface area contributed by atoms with Crippen molar-refractivity contribution in [2.24, 2.45) is 0 Å². The summed E-state index contributed by atoms with van der Waals surface area (Å²) in [6.07, 6.45) is 5.82. The smallest absolute Gasteiger partial charge is 0.314 e. The maximum absolute atomic E-state index is 11.9. The number of carbonyl (C=O) groups is 2. The molecule has 1 aromatic rings. The Morgan fingerprint density at radius 3 is 2.52 bits per heavy atom. The number of aromatic nitrogens is 1. The minimum absolute atomic E-state index is 0.130. The number of hydrogen-bond acceptors (Lipinski definition) is 5. The summed E-state index contributed by atoms with van der Waals surface area (Å²) in [5, 5.41) is 5.30. The SMILES string of the molecule is O=C(Nc1ccc(N2CCOCC2)cn1)C(=O)NC1CCCC1. The van der Waals surface area contributed by atoms with Gasteiger partial charge < -0.3 is 20.3 Å². The Morgan fingerprint density at radius 1 is 1.13 bits per heavy atom. The molecule has 0 aromatic carbocycles. The van der Waals surface area contributed by atoms with E-state index in [4.69, 9.17) is 4.74 Å². The highest BCUT2D eigenvalue weighted by molar-refractivity contribution is 6.39. The van der Waals surface area contributed by atoms with E-state index in [1.165, 1.54) is 0 Å². The van der Waals surface area contributed by atoms with E-state index in [0.29, 0.717) is 19.0 Å². The highest BCUT2D eigenvalue weighted by Gasteiger charge is 2.21. The summed E-state index contributed by atoms with van der Waals surface area (Å²) in [6, 6.07) is 3.74. The lowest BCUT2D eigenvalue weighted by atomic mass is 10.2.